The molecule has 0 heterocycles. The van der Waals surface area contributed by atoms with Crippen LogP contribution in [-0.2, 0) is 19.6 Å². The van der Waals surface area contributed by atoms with E-state index in [-0.39, 0.29) is 31.2 Å². The van der Waals surface area contributed by atoms with Gasteiger partial charge in [0.05, 0.1) is 11.5 Å². The molecule has 1 atom stereocenters. The summed E-state index contributed by atoms with van der Waals surface area (Å²) in [5, 5.41) is 14.9. The Kier molecular flexibility index (Phi) is 7.43. The van der Waals surface area contributed by atoms with Crippen LogP contribution in [0, 0.1) is 6.92 Å². The first kappa shape index (κ1) is 24.1. The summed E-state index contributed by atoms with van der Waals surface area (Å²) in [6.07, 6.45) is -1.08. The highest BCUT2D eigenvalue weighted by molar-refractivity contribution is 7.89. The minimum atomic E-state index is -3.80. The number of nitrogens with zero attached hydrogens (tertiary/aromatic N) is 2. The molecule has 0 bridgehead atoms. The van der Waals surface area contributed by atoms with Gasteiger partial charge in [0.25, 0.3) is 0 Å². The molecule has 3 aromatic carbocycles. The molecule has 0 radical (unpaired) electrons. The third-order valence-electron chi connectivity index (χ3n) is 5.70. The van der Waals surface area contributed by atoms with Gasteiger partial charge in [0.2, 0.25) is 10.0 Å². The molecule has 178 valence electrons. The molecular formula is C26H28N2O5S. The molecule has 0 aromatic heterocycles. The van der Waals surface area contributed by atoms with Crippen molar-refractivity contribution in [2.24, 2.45) is 5.16 Å². The van der Waals surface area contributed by atoms with E-state index >= 15 is 0 Å². The number of sulfonamides is 1. The average molecular weight is 481 g/mol. The first-order chi connectivity index (χ1) is 16.4. The highest BCUT2D eigenvalue weighted by Crippen LogP contribution is 2.36. The second kappa shape index (κ2) is 10.5. The van der Waals surface area contributed by atoms with Crippen molar-refractivity contribution in [2.75, 3.05) is 33.4 Å². The van der Waals surface area contributed by atoms with Gasteiger partial charge in [-0.1, -0.05) is 71.4 Å². The van der Waals surface area contributed by atoms with Gasteiger partial charge in [0, 0.05) is 31.3 Å². The van der Waals surface area contributed by atoms with Crippen LogP contribution in [0.15, 0.2) is 82.8 Å². The minimum absolute atomic E-state index is 0.110. The lowest BCUT2D eigenvalue weighted by Gasteiger charge is -2.24. The lowest BCUT2D eigenvalue weighted by molar-refractivity contribution is 0.0285. The minimum Gasteiger partial charge on any atom is -0.392 e. The van der Waals surface area contributed by atoms with Crippen molar-refractivity contribution in [2.45, 2.75) is 17.9 Å². The number of aliphatic hydroxyl groups is 1. The summed E-state index contributed by atoms with van der Waals surface area (Å²) in [4.78, 5) is 5.69. The molecule has 0 saturated carbocycles. The Labute approximate surface area is 200 Å². The summed E-state index contributed by atoms with van der Waals surface area (Å²) in [6.45, 7) is 1.91. The quantitative estimate of drug-likeness (QED) is 0.351. The van der Waals surface area contributed by atoms with E-state index in [1.807, 2.05) is 55.5 Å². The molecule has 1 aliphatic rings. The van der Waals surface area contributed by atoms with Gasteiger partial charge in [-0.15, -0.1) is 0 Å². The van der Waals surface area contributed by atoms with Crippen molar-refractivity contribution < 1.29 is 23.1 Å². The molecule has 1 unspecified atom stereocenters. The zero-order chi connectivity index (χ0) is 24.1. The van der Waals surface area contributed by atoms with Crippen molar-refractivity contribution in [1.82, 2.24) is 4.31 Å². The SMILES string of the molecule is COCCN(CC(O)CON=C1c2ccccc2-c2ccccc21)S(=O)(=O)c1ccc(C)cc1. The Hall–Kier alpha value is -3.04. The lowest BCUT2D eigenvalue weighted by atomic mass is 10.1. The van der Waals surface area contributed by atoms with Crippen LogP contribution in [0.1, 0.15) is 16.7 Å². The number of benzene rings is 3. The van der Waals surface area contributed by atoms with Gasteiger partial charge < -0.3 is 14.7 Å². The van der Waals surface area contributed by atoms with E-state index in [9.17, 15) is 13.5 Å². The van der Waals surface area contributed by atoms with Gasteiger partial charge in [-0.05, 0) is 30.2 Å². The van der Waals surface area contributed by atoms with E-state index in [0.717, 1.165) is 27.8 Å². The fourth-order valence-electron chi connectivity index (χ4n) is 3.93. The van der Waals surface area contributed by atoms with Gasteiger partial charge in [0.15, 0.2) is 0 Å². The Bertz CT molecular complexity index is 1220. The monoisotopic (exact) mass is 480 g/mol. The van der Waals surface area contributed by atoms with Crippen molar-refractivity contribution >= 4 is 15.7 Å². The highest BCUT2D eigenvalue weighted by atomic mass is 32.2. The van der Waals surface area contributed by atoms with Crippen LogP contribution >= 0.6 is 0 Å². The molecule has 0 amide bonds. The highest BCUT2D eigenvalue weighted by Gasteiger charge is 2.27. The molecular weight excluding hydrogens is 452 g/mol. The molecule has 7 nitrogen and oxygen atoms in total. The first-order valence-electron chi connectivity index (χ1n) is 11.0. The van der Waals surface area contributed by atoms with Crippen LogP contribution in [0.5, 0.6) is 0 Å². The Morgan fingerprint density at radius 2 is 1.47 bits per heavy atom. The smallest absolute Gasteiger partial charge is 0.243 e. The second-order valence-electron chi connectivity index (χ2n) is 8.15. The number of aryl methyl sites for hydroxylation is 1. The van der Waals surface area contributed by atoms with Gasteiger partial charge in [-0.25, -0.2) is 8.42 Å². The number of hydrogen-bond donors (Lipinski definition) is 1. The molecule has 0 spiro atoms. The van der Waals surface area contributed by atoms with E-state index < -0.39 is 16.1 Å². The van der Waals surface area contributed by atoms with E-state index in [1.165, 1.54) is 11.4 Å². The maximum atomic E-state index is 13.1. The fraction of sp³-hybridized carbons (Fsp3) is 0.269. The maximum Gasteiger partial charge on any atom is 0.243 e. The molecule has 8 heteroatoms. The zero-order valence-corrected chi connectivity index (χ0v) is 20.0. The molecule has 1 aliphatic carbocycles. The van der Waals surface area contributed by atoms with Crippen LogP contribution in [0.2, 0.25) is 0 Å². The van der Waals surface area contributed by atoms with E-state index in [0.29, 0.717) is 5.71 Å². The number of ether oxygens (including phenoxy) is 1. The number of fused-ring (bicyclic) bond motifs is 3. The molecule has 0 saturated heterocycles. The summed E-state index contributed by atoms with van der Waals surface area (Å²) >= 11 is 0. The molecule has 0 aliphatic heterocycles. The van der Waals surface area contributed by atoms with E-state index in [1.54, 1.807) is 24.3 Å². The average Bonchev–Trinajstić information content (AvgIpc) is 3.16. The number of rotatable bonds is 10. The largest absolute Gasteiger partial charge is 0.392 e. The normalized spacial score (nSPS) is 13.5. The second-order valence-corrected chi connectivity index (χ2v) is 10.1. The predicted octanol–water partition coefficient (Wildman–Crippen LogP) is 3.44. The Balaban J connectivity index is 1.47. The molecule has 0 fully saturated rings. The number of hydrogen-bond acceptors (Lipinski definition) is 6. The Morgan fingerprint density at radius 3 is 2.03 bits per heavy atom. The third kappa shape index (κ3) is 5.05. The summed E-state index contributed by atoms with van der Waals surface area (Å²) < 4.78 is 32.6. The first-order valence-corrected chi connectivity index (χ1v) is 12.5. The van der Waals surface area contributed by atoms with Crippen LogP contribution in [-0.4, -0.2) is 63.1 Å². The third-order valence-corrected chi connectivity index (χ3v) is 7.57. The standard InChI is InChI=1S/C26H28N2O5S/c1-19-11-13-21(14-12-19)34(30,31)28(15-16-32-2)17-20(29)18-33-27-26-24-9-5-3-7-22(24)23-8-4-6-10-25(23)26/h3-14,20,29H,15-18H2,1-2H3. The summed E-state index contributed by atoms with van der Waals surface area (Å²) in [6, 6.07) is 22.5. The van der Waals surface area contributed by atoms with Crippen LogP contribution in [0.3, 0.4) is 0 Å². The van der Waals surface area contributed by atoms with Crippen molar-refractivity contribution in [3.63, 3.8) is 0 Å². The topological polar surface area (TPSA) is 88.4 Å². The van der Waals surface area contributed by atoms with Crippen LogP contribution in [0.25, 0.3) is 11.1 Å². The van der Waals surface area contributed by atoms with Crippen molar-refractivity contribution in [1.29, 1.82) is 0 Å². The molecule has 1 N–H and O–H groups in total. The van der Waals surface area contributed by atoms with Gasteiger partial charge >= 0.3 is 0 Å². The number of aliphatic hydroxyl groups excluding tert-OH is 1. The summed E-state index contributed by atoms with van der Waals surface area (Å²) in [7, 11) is -2.30. The van der Waals surface area contributed by atoms with Crippen LogP contribution in [0.4, 0.5) is 0 Å². The zero-order valence-electron chi connectivity index (χ0n) is 19.2. The predicted molar refractivity (Wildman–Crippen MR) is 131 cm³/mol. The van der Waals surface area contributed by atoms with E-state index in [2.05, 4.69) is 5.16 Å². The molecule has 34 heavy (non-hydrogen) atoms. The Morgan fingerprint density at radius 1 is 0.912 bits per heavy atom. The van der Waals surface area contributed by atoms with Crippen molar-refractivity contribution in [3.8, 4) is 11.1 Å². The van der Waals surface area contributed by atoms with Gasteiger partial charge in [-0.3, -0.25) is 0 Å². The molecule has 4 rings (SSSR count). The van der Waals surface area contributed by atoms with Crippen LogP contribution < -0.4 is 0 Å². The summed E-state index contributed by atoms with van der Waals surface area (Å²) in [5.41, 5.74) is 5.74. The van der Waals surface area contributed by atoms with Crippen molar-refractivity contribution in [3.05, 3.63) is 89.5 Å². The molecule has 3 aromatic rings. The lowest BCUT2D eigenvalue weighted by Crippen LogP contribution is -2.40. The van der Waals surface area contributed by atoms with Gasteiger partial charge in [0.1, 0.15) is 18.4 Å². The number of methoxy groups -OCH3 is 1. The number of oxime groups is 1. The fourth-order valence-corrected chi connectivity index (χ4v) is 5.39. The maximum absolute atomic E-state index is 13.1. The van der Waals surface area contributed by atoms with E-state index in [4.69, 9.17) is 9.57 Å². The van der Waals surface area contributed by atoms with Gasteiger partial charge in [-0.2, -0.15) is 4.31 Å². The summed E-state index contributed by atoms with van der Waals surface area (Å²) in [5.74, 6) is 0.